The lowest BCUT2D eigenvalue weighted by molar-refractivity contribution is -0.141. The van der Waals surface area contributed by atoms with Crippen molar-refractivity contribution in [3.8, 4) is 0 Å². The molecule has 0 aromatic heterocycles. The van der Waals surface area contributed by atoms with Crippen LogP contribution in [0, 0.1) is 0 Å². The number of nitrogens with zero attached hydrogens (tertiary/aromatic N) is 2. The number of aliphatic carboxylic acids is 1. The van der Waals surface area contributed by atoms with E-state index in [9.17, 15) is 9.59 Å². The highest BCUT2D eigenvalue weighted by molar-refractivity contribution is 7.99. The highest BCUT2D eigenvalue weighted by Crippen LogP contribution is 2.19. The number of carbonyl (C=O) groups is 2. The fraction of sp³-hybridized carbons (Fsp3) is 0.833. The molecule has 0 radical (unpaired) electrons. The summed E-state index contributed by atoms with van der Waals surface area (Å²) >= 11 is 1.59. The maximum atomic E-state index is 12.4. The molecular weight excluding hydrogens is 252 g/mol. The molecule has 0 spiro atoms. The predicted octanol–water partition coefficient (Wildman–Crippen LogP) is 1.73. The van der Waals surface area contributed by atoms with Crippen LogP contribution in [0.3, 0.4) is 0 Å². The Morgan fingerprint density at radius 1 is 1.44 bits per heavy atom. The van der Waals surface area contributed by atoms with Gasteiger partial charge in [-0.1, -0.05) is 13.8 Å². The number of hydrogen-bond acceptors (Lipinski definition) is 3. The summed E-state index contributed by atoms with van der Waals surface area (Å²) in [6, 6.07) is -0.661. The molecule has 1 aliphatic heterocycles. The number of carboxylic acid groups (broad SMARTS) is 1. The normalized spacial score (nSPS) is 20.0. The fourth-order valence-electron chi connectivity index (χ4n) is 2.23. The first-order chi connectivity index (χ1) is 8.52. The molecule has 0 saturated carbocycles. The average molecular weight is 274 g/mol. The molecule has 0 aromatic rings. The van der Waals surface area contributed by atoms with Gasteiger partial charge in [-0.2, -0.15) is 11.8 Å². The Bertz CT molecular complexity index is 308. The molecule has 0 aliphatic carbocycles. The molecule has 6 heteroatoms. The van der Waals surface area contributed by atoms with Crippen LogP contribution in [0.5, 0.6) is 0 Å². The summed E-state index contributed by atoms with van der Waals surface area (Å²) in [6.45, 7) is 4.60. The molecule has 5 nitrogen and oxygen atoms in total. The highest BCUT2D eigenvalue weighted by Gasteiger charge is 2.34. The molecule has 1 aliphatic rings. The third-order valence-electron chi connectivity index (χ3n) is 3.45. The summed E-state index contributed by atoms with van der Waals surface area (Å²) in [7, 11) is 1.76. The van der Waals surface area contributed by atoms with E-state index in [2.05, 4.69) is 0 Å². The van der Waals surface area contributed by atoms with Gasteiger partial charge in [0.05, 0.1) is 0 Å². The van der Waals surface area contributed by atoms with Crippen LogP contribution in [0.15, 0.2) is 0 Å². The minimum absolute atomic E-state index is 0.156. The molecule has 2 amide bonds. The zero-order chi connectivity index (χ0) is 13.7. The summed E-state index contributed by atoms with van der Waals surface area (Å²) in [5.74, 6) is 0.387. The molecule has 1 N–H and O–H groups in total. The van der Waals surface area contributed by atoms with E-state index in [1.54, 1.807) is 23.7 Å². The van der Waals surface area contributed by atoms with Crippen LogP contribution in [0.1, 0.15) is 26.7 Å². The quantitative estimate of drug-likeness (QED) is 0.848. The van der Waals surface area contributed by atoms with Gasteiger partial charge in [-0.25, -0.2) is 9.59 Å². The van der Waals surface area contributed by atoms with Crippen molar-refractivity contribution in [2.45, 2.75) is 38.8 Å². The summed E-state index contributed by atoms with van der Waals surface area (Å²) in [6.07, 6.45) is 1.78. The lowest BCUT2D eigenvalue weighted by Gasteiger charge is -2.37. The number of hydrogen-bond donors (Lipinski definition) is 1. The van der Waals surface area contributed by atoms with E-state index in [0.29, 0.717) is 12.3 Å². The van der Waals surface area contributed by atoms with Gasteiger partial charge < -0.3 is 14.9 Å². The molecule has 1 heterocycles. The van der Waals surface area contributed by atoms with Gasteiger partial charge in [0.2, 0.25) is 0 Å². The molecule has 0 bridgehead atoms. The van der Waals surface area contributed by atoms with Gasteiger partial charge in [0.25, 0.3) is 0 Å². The third-order valence-corrected chi connectivity index (χ3v) is 4.47. The Balaban J connectivity index is 2.76. The van der Waals surface area contributed by atoms with E-state index in [1.165, 1.54) is 4.90 Å². The highest BCUT2D eigenvalue weighted by atomic mass is 32.2. The van der Waals surface area contributed by atoms with E-state index in [1.807, 2.05) is 13.8 Å². The Hall–Kier alpha value is -0.910. The van der Waals surface area contributed by atoms with E-state index in [4.69, 9.17) is 5.11 Å². The second-order valence-electron chi connectivity index (χ2n) is 4.49. The smallest absolute Gasteiger partial charge is 0.327 e. The van der Waals surface area contributed by atoms with Crippen LogP contribution in [-0.4, -0.2) is 64.1 Å². The van der Waals surface area contributed by atoms with Crippen molar-refractivity contribution in [3.63, 3.8) is 0 Å². The molecule has 0 aromatic carbocycles. The first-order valence-corrected chi connectivity index (χ1v) is 7.52. The lowest BCUT2D eigenvalue weighted by atomic mass is 10.1. The Kier molecular flexibility index (Phi) is 5.78. The van der Waals surface area contributed by atoms with Gasteiger partial charge in [-0.3, -0.25) is 0 Å². The number of thioether (sulfide) groups is 1. The van der Waals surface area contributed by atoms with Crippen molar-refractivity contribution in [2.24, 2.45) is 0 Å². The maximum absolute atomic E-state index is 12.4. The standard InChI is InChI=1S/C12H22N2O3S/c1-4-9(5-2)13(3)12(17)14-6-7-18-8-10(14)11(15)16/h9-10H,4-8H2,1-3H3,(H,15,16). The van der Waals surface area contributed by atoms with Crippen molar-refractivity contribution in [1.29, 1.82) is 0 Å². The number of urea groups is 1. The second kappa shape index (κ2) is 6.87. The second-order valence-corrected chi connectivity index (χ2v) is 5.64. The summed E-state index contributed by atoms with van der Waals surface area (Å²) in [5.41, 5.74) is 0. The maximum Gasteiger partial charge on any atom is 0.327 e. The van der Waals surface area contributed by atoms with Crippen molar-refractivity contribution >= 4 is 23.8 Å². The van der Waals surface area contributed by atoms with Crippen molar-refractivity contribution in [3.05, 3.63) is 0 Å². The molecule has 1 fully saturated rings. The zero-order valence-corrected chi connectivity index (χ0v) is 12.1. The van der Waals surface area contributed by atoms with E-state index in [-0.39, 0.29) is 12.1 Å². The van der Waals surface area contributed by atoms with E-state index in [0.717, 1.165) is 18.6 Å². The van der Waals surface area contributed by atoms with Gasteiger partial charge in [-0.15, -0.1) is 0 Å². The minimum atomic E-state index is -0.909. The van der Waals surface area contributed by atoms with Crippen LogP contribution in [-0.2, 0) is 4.79 Å². The Labute approximate surface area is 113 Å². The topological polar surface area (TPSA) is 60.9 Å². The molecule has 1 atom stereocenters. The number of carbonyl (C=O) groups excluding carboxylic acids is 1. The minimum Gasteiger partial charge on any atom is -0.480 e. The summed E-state index contributed by atoms with van der Waals surface area (Å²) < 4.78 is 0. The number of amides is 2. The van der Waals surface area contributed by atoms with Crippen LogP contribution >= 0.6 is 11.8 Å². The Morgan fingerprint density at radius 2 is 2.06 bits per heavy atom. The summed E-state index contributed by atoms with van der Waals surface area (Å²) in [4.78, 5) is 26.7. The number of carboxylic acids is 1. The SMILES string of the molecule is CCC(CC)N(C)C(=O)N1CCSCC1C(=O)O. The van der Waals surface area contributed by atoms with Crippen molar-refractivity contribution in [1.82, 2.24) is 9.80 Å². The molecule has 1 rings (SSSR count). The number of rotatable bonds is 4. The molecule has 104 valence electrons. The van der Waals surface area contributed by atoms with Gasteiger partial charge in [0.15, 0.2) is 0 Å². The molecule has 1 saturated heterocycles. The van der Waals surface area contributed by atoms with Crippen LogP contribution < -0.4 is 0 Å². The zero-order valence-electron chi connectivity index (χ0n) is 11.3. The van der Waals surface area contributed by atoms with Gasteiger partial charge in [0.1, 0.15) is 6.04 Å². The lowest BCUT2D eigenvalue weighted by Crippen LogP contribution is -2.55. The van der Waals surface area contributed by atoms with Crippen molar-refractivity contribution < 1.29 is 14.7 Å². The van der Waals surface area contributed by atoms with E-state index >= 15 is 0 Å². The largest absolute Gasteiger partial charge is 0.480 e. The van der Waals surface area contributed by atoms with Crippen molar-refractivity contribution in [2.75, 3.05) is 25.1 Å². The molecular formula is C12H22N2O3S. The first-order valence-electron chi connectivity index (χ1n) is 6.36. The molecule has 1 unspecified atom stereocenters. The van der Waals surface area contributed by atoms with E-state index < -0.39 is 12.0 Å². The van der Waals surface area contributed by atoms with Gasteiger partial charge in [0, 0.05) is 31.1 Å². The van der Waals surface area contributed by atoms with Crippen LogP contribution in [0.4, 0.5) is 4.79 Å². The third kappa shape index (κ3) is 3.31. The fourth-order valence-corrected chi connectivity index (χ4v) is 3.27. The van der Waals surface area contributed by atoms with Gasteiger partial charge >= 0.3 is 12.0 Å². The monoisotopic (exact) mass is 274 g/mol. The average Bonchev–Trinajstić information content (AvgIpc) is 2.39. The first kappa shape index (κ1) is 15.1. The summed E-state index contributed by atoms with van der Waals surface area (Å²) in [5, 5.41) is 9.17. The predicted molar refractivity (Wildman–Crippen MR) is 73.0 cm³/mol. The van der Waals surface area contributed by atoms with Gasteiger partial charge in [-0.05, 0) is 12.8 Å². The Morgan fingerprint density at radius 3 is 2.56 bits per heavy atom. The van der Waals surface area contributed by atoms with Crippen LogP contribution in [0.25, 0.3) is 0 Å². The molecule has 18 heavy (non-hydrogen) atoms. The van der Waals surface area contributed by atoms with Crippen LogP contribution in [0.2, 0.25) is 0 Å².